The molecule has 0 saturated carbocycles. The van der Waals surface area contributed by atoms with Crippen LogP contribution in [0.3, 0.4) is 0 Å². The Balaban J connectivity index is 2.25. The molecule has 0 spiro atoms. The summed E-state index contributed by atoms with van der Waals surface area (Å²) in [5, 5.41) is 3.62. The van der Waals surface area contributed by atoms with Gasteiger partial charge in [0.15, 0.2) is 5.82 Å². The van der Waals surface area contributed by atoms with Crippen LogP contribution in [0.15, 0.2) is 4.52 Å². The van der Waals surface area contributed by atoms with Gasteiger partial charge in [-0.2, -0.15) is 4.98 Å². The molecule has 0 amide bonds. The second kappa shape index (κ2) is 6.67. The van der Waals surface area contributed by atoms with Gasteiger partial charge in [0, 0.05) is 13.0 Å². The molecule has 3 N–H and O–H groups in total. The summed E-state index contributed by atoms with van der Waals surface area (Å²) in [5.41, 5.74) is 5.29. The zero-order valence-corrected chi connectivity index (χ0v) is 10.7. The molecular formula is C9H18N4O3S. The molecular weight excluding hydrogens is 244 g/mol. The molecule has 0 aromatic carbocycles. The summed E-state index contributed by atoms with van der Waals surface area (Å²) in [6, 6.07) is 0. The Kier molecular flexibility index (Phi) is 5.52. The van der Waals surface area contributed by atoms with E-state index < -0.39 is 10.0 Å². The third kappa shape index (κ3) is 5.76. The molecule has 7 nitrogen and oxygen atoms in total. The smallest absolute Gasteiger partial charge is 0.227 e. The molecule has 98 valence electrons. The van der Waals surface area contributed by atoms with Crippen LogP contribution in [0, 0.1) is 6.92 Å². The van der Waals surface area contributed by atoms with Crippen LogP contribution in [0.4, 0.5) is 0 Å². The molecule has 0 saturated heterocycles. The molecule has 0 aliphatic rings. The standard InChI is InChI=1S/C9H18N4O3S/c1-8-12-9(16-13-8)4-6-11-17(14,15)7-3-2-5-10/h11H,2-7,10H2,1H3. The average Bonchev–Trinajstić information content (AvgIpc) is 2.64. The molecule has 17 heavy (non-hydrogen) atoms. The lowest BCUT2D eigenvalue weighted by Gasteiger charge is -2.04. The van der Waals surface area contributed by atoms with E-state index in [1.54, 1.807) is 6.92 Å². The number of sulfonamides is 1. The number of aromatic nitrogens is 2. The quantitative estimate of drug-likeness (QED) is 0.615. The molecule has 1 aromatic heterocycles. The van der Waals surface area contributed by atoms with Crippen molar-refractivity contribution in [3.05, 3.63) is 11.7 Å². The van der Waals surface area contributed by atoms with E-state index in [-0.39, 0.29) is 12.3 Å². The zero-order valence-electron chi connectivity index (χ0n) is 9.85. The molecule has 1 rings (SSSR count). The van der Waals surface area contributed by atoms with E-state index >= 15 is 0 Å². The van der Waals surface area contributed by atoms with Gasteiger partial charge in [0.1, 0.15) is 0 Å². The summed E-state index contributed by atoms with van der Waals surface area (Å²) in [7, 11) is -3.21. The zero-order chi connectivity index (χ0) is 12.7. The van der Waals surface area contributed by atoms with Crippen LogP contribution in [0.5, 0.6) is 0 Å². The number of nitrogens with zero attached hydrogens (tertiary/aromatic N) is 2. The minimum Gasteiger partial charge on any atom is -0.339 e. The summed E-state index contributed by atoms with van der Waals surface area (Å²) in [6.45, 7) is 2.49. The fourth-order valence-electron chi connectivity index (χ4n) is 1.26. The van der Waals surface area contributed by atoms with Crippen molar-refractivity contribution in [2.45, 2.75) is 26.2 Å². The lowest BCUT2D eigenvalue weighted by atomic mass is 10.3. The Morgan fingerprint density at radius 2 is 2.18 bits per heavy atom. The molecule has 1 heterocycles. The van der Waals surface area contributed by atoms with E-state index in [0.29, 0.717) is 37.5 Å². The van der Waals surface area contributed by atoms with E-state index in [2.05, 4.69) is 14.9 Å². The van der Waals surface area contributed by atoms with Gasteiger partial charge in [-0.05, 0) is 26.3 Å². The first-order valence-corrected chi connectivity index (χ1v) is 7.15. The second-order valence-electron chi connectivity index (χ2n) is 3.69. The summed E-state index contributed by atoms with van der Waals surface area (Å²) < 4.78 is 30.3. The van der Waals surface area contributed by atoms with E-state index in [9.17, 15) is 8.42 Å². The van der Waals surface area contributed by atoms with Crippen molar-refractivity contribution in [1.82, 2.24) is 14.9 Å². The maximum Gasteiger partial charge on any atom is 0.227 e. The third-order valence-electron chi connectivity index (χ3n) is 2.10. The molecule has 0 bridgehead atoms. The van der Waals surface area contributed by atoms with Crippen molar-refractivity contribution in [2.75, 3.05) is 18.8 Å². The molecule has 0 aliphatic carbocycles. The number of nitrogens with two attached hydrogens (primary N) is 1. The number of hydrogen-bond acceptors (Lipinski definition) is 6. The van der Waals surface area contributed by atoms with Crippen LogP contribution >= 0.6 is 0 Å². The van der Waals surface area contributed by atoms with E-state index in [0.717, 1.165) is 0 Å². The summed E-state index contributed by atoms with van der Waals surface area (Å²) >= 11 is 0. The first kappa shape index (κ1) is 14.1. The fraction of sp³-hybridized carbons (Fsp3) is 0.778. The van der Waals surface area contributed by atoms with Gasteiger partial charge in [0.05, 0.1) is 5.75 Å². The van der Waals surface area contributed by atoms with E-state index in [4.69, 9.17) is 10.3 Å². The molecule has 0 aliphatic heterocycles. The van der Waals surface area contributed by atoms with Gasteiger partial charge in [0.25, 0.3) is 0 Å². The number of nitrogens with one attached hydrogen (secondary N) is 1. The Hall–Kier alpha value is -0.990. The lowest BCUT2D eigenvalue weighted by molar-refractivity contribution is 0.375. The molecule has 0 radical (unpaired) electrons. The highest BCUT2D eigenvalue weighted by molar-refractivity contribution is 7.89. The second-order valence-corrected chi connectivity index (χ2v) is 5.62. The van der Waals surface area contributed by atoms with Crippen molar-refractivity contribution in [1.29, 1.82) is 0 Å². The number of aryl methyl sites for hydroxylation is 1. The van der Waals surface area contributed by atoms with Crippen molar-refractivity contribution in [3.8, 4) is 0 Å². The van der Waals surface area contributed by atoms with Crippen LogP contribution in [-0.4, -0.2) is 37.4 Å². The van der Waals surface area contributed by atoms with Crippen molar-refractivity contribution >= 4 is 10.0 Å². The highest BCUT2D eigenvalue weighted by Crippen LogP contribution is 1.97. The number of hydrogen-bond donors (Lipinski definition) is 2. The number of unbranched alkanes of at least 4 members (excludes halogenated alkanes) is 1. The van der Waals surface area contributed by atoms with Gasteiger partial charge in [-0.1, -0.05) is 5.16 Å². The summed E-state index contributed by atoms with van der Waals surface area (Å²) in [6.07, 6.45) is 1.69. The summed E-state index contributed by atoms with van der Waals surface area (Å²) in [5.74, 6) is 1.09. The highest BCUT2D eigenvalue weighted by Gasteiger charge is 2.10. The van der Waals surface area contributed by atoms with Crippen LogP contribution in [0.25, 0.3) is 0 Å². The predicted molar refractivity (Wildman–Crippen MR) is 62.8 cm³/mol. The average molecular weight is 262 g/mol. The molecule has 0 atom stereocenters. The maximum atomic E-state index is 11.5. The fourth-order valence-corrected chi connectivity index (χ4v) is 2.41. The molecule has 0 fully saturated rings. The first-order valence-electron chi connectivity index (χ1n) is 5.50. The van der Waals surface area contributed by atoms with Crippen LogP contribution in [-0.2, 0) is 16.4 Å². The predicted octanol–water partition coefficient (Wildman–Crippen LogP) is -0.421. The topological polar surface area (TPSA) is 111 Å². The van der Waals surface area contributed by atoms with Gasteiger partial charge < -0.3 is 10.3 Å². The lowest BCUT2D eigenvalue weighted by Crippen LogP contribution is -2.28. The van der Waals surface area contributed by atoms with Gasteiger partial charge in [0.2, 0.25) is 15.9 Å². The minimum atomic E-state index is -3.21. The largest absolute Gasteiger partial charge is 0.339 e. The third-order valence-corrected chi connectivity index (χ3v) is 3.57. The summed E-state index contributed by atoms with van der Waals surface area (Å²) in [4.78, 5) is 3.98. The molecule has 8 heteroatoms. The Morgan fingerprint density at radius 1 is 1.41 bits per heavy atom. The van der Waals surface area contributed by atoms with Crippen LogP contribution < -0.4 is 10.5 Å². The highest BCUT2D eigenvalue weighted by atomic mass is 32.2. The Bertz CT molecular complexity index is 429. The minimum absolute atomic E-state index is 0.104. The van der Waals surface area contributed by atoms with Gasteiger partial charge in [-0.15, -0.1) is 0 Å². The first-order chi connectivity index (χ1) is 8.03. The maximum absolute atomic E-state index is 11.5. The van der Waals surface area contributed by atoms with Crippen molar-refractivity contribution < 1.29 is 12.9 Å². The van der Waals surface area contributed by atoms with Crippen LogP contribution in [0.2, 0.25) is 0 Å². The molecule has 0 unspecified atom stereocenters. The SMILES string of the molecule is Cc1noc(CCNS(=O)(=O)CCCCN)n1. The Labute approximate surface area is 101 Å². The van der Waals surface area contributed by atoms with Crippen molar-refractivity contribution in [3.63, 3.8) is 0 Å². The Morgan fingerprint density at radius 3 is 2.76 bits per heavy atom. The molecule has 1 aromatic rings. The van der Waals surface area contributed by atoms with Crippen LogP contribution in [0.1, 0.15) is 24.6 Å². The monoisotopic (exact) mass is 262 g/mol. The van der Waals surface area contributed by atoms with Gasteiger partial charge in [-0.3, -0.25) is 0 Å². The van der Waals surface area contributed by atoms with Crippen molar-refractivity contribution in [2.24, 2.45) is 5.73 Å². The van der Waals surface area contributed by atoms with Gasteiger partial charge in [-0.25, -0.2) is 13.1 Å². The van der Waals surface area contributed by atoms with E-state index in [1.165, 1.54) is 0 Å². The number of rotatable bonds is 8. The van der Waals surface area contributed by atoms with E-state index in [1.807, 2.05) is 0 Å². The van der Waals surface area contributed by atoms with Gasteiger partial charge >= 0.3 is 0 Å². The normalized spacial score (nSPS) is 11.9.